The topological polar surface area (TPSA) is 72.9 Å². The number of rotatable bonds is 4. The SMILES string of the molecule is CCC[C@@H](N)C(=O)Nc1c(C)nn(C)c1C. The Morgan fingerprint density at radius 3 is 2.62 bits per heavy atom. The van der Waals surface area contributed by atoms with E-state index in [-0.39, 0.29) is 5.91 Å². The van der Waals surface area contributed by atoms with Gasteiger partial charge in [0, 0.05) is 7.05 Å². The molecule has 0 aliphatic carbocycles. The third-order valence-electron chi connectivity index (χ3n) is 2.69. The molecule has 1 heterocycles. The van der Waals surface area contributed by atoms with Gasteiger partial charge in [0.15, 0.2) is 0 Å². The number of carbonyl (C=O) groups excluding carboxylic acids is 1. The molecule has 0 fully saturated rings. The van der Waals surface area contributed by atoms with Crippen LogP contribution >= 0.6 is 0 Å². The molecule has 0 spiro atoms. The predicted molar refractivity (Wildman–Crippen MR) is 64.2 cm³/mol. The summed E-state index contributed by atoms with van der Waals surface area (Å²) in [5.74, 6) is -0.138. The van der Waals surface area contributed by atoms with E-state index in [1.54, 1.807) is 4.68 Å². The van der Waals surface area contributed by atoms with E-state index in [2.05, 4.69) is 10.4 Å². The Morgan fingerprint density at radius 1 is 1.56 bits per heavy atom. The number of hydrogen-bond acceptors (Lipinski definition) is 3. The fourth-order valence-electron chi connectivity index (χ4n) is 1.61. The zero-order chi connectivity index (χ0) is 12.3. The minimum absolute atomic E-state index is 0.138. The second kappa shape index (κ2) is 5.12. The molecule has 3 N–H and O–H groups in total. The first kappa shape index (κ1) is 12.7. The fraction of sp³-hybridized carbons (Fsp3) is 0.636. The number of aryl methyl sites for hydroxylation is 2. The third kappa shape index (κ3) is 2.61. The van der Waals surface area contributed by atoms with Gasteiger partial charge in [-0.05, 0) is 20.3 Å². The van der Waals surface area contributed by atoms with Crippen LogP contribution in [0.1, 0.15) is 31.2 Å². The van der Waals surface area contributed by atoms with Crippen LogP contribution in [-0.4, -0.2) is 21.7 Å². The van der Waals surface area contributed by atoms with Gasteiger partial charge in [0.2, 0.25) is 5.91 Å². The molecule has 90 valence electrons. The van der Waals surface area contributed by atoms with E-state index in [0.717, 1.165) is 23.5 Å². The zero-order valence-electron chi connectivity index (χ0n) is 10.4. The maximum Gasteiger partial charge on any atom is 0.241 e. The number of hydrogen-bond donors (Lipinski definition) is 2. The summed E-state index contributed by atoms with van der Waals surface area (Å²) in [6, 6.07) is -0.441. The molecule has 0 aromatic carbocycles. The van der Waals surface area contributed by atoms with Crippen LogP contribution in [0.3, 0.4) is 0 Å². The Bertz CT molecular complexity index is 384. The largest absolute Gasteiger partial charge is 0.322 e. The first-order valence-electron chi connectivity index (χ1n) is 5.54. The number of nitrogens with two attached hydrogens (primary N) is 1. The maximum absolute atomic E-state index is 11.7. The summed E-state index contributed by atoms with van der Waals surface area (Å²) in [5, 5.41) is 7.07. The molecule has 0 bridgehead atoms. The summed E-state index contributed by atoms with van der Waals surface area (Å²) < 4.78 is 1.75. The Labute approximate surface area is 96.0 Å². The molecule has 1 aromatic rings. The van der Waals surface area contributed by atoms with E-state index in [1.807, 2.05) is 27.8 Å². The van der Waals surface area contributed by atoms with Crippen molar-refractivity contribution in [1.29, 1.82) is 0 Å². The van der Waals surface area contributed by atoms with Crippen molar-refractivity contribution < 1.29 is 4.79 Å². The van der Waals surface area contributed by atoms with E-state index in [0.29, 0.717) is 6.42 Å². The van der Waals surface area contributed by atoms with Crippen LogP contribution in [0.4, 0.5) is 5.69 Å². The summed E-state index contributed by atoms with van der Waals surface area (Å²) in [7, 11) is 1.85. The molecule has 1 rings (SSSR count). The molecule has 5 nitrogen and oxygen atoms in total. The van der Waals surface area contributed by atoms with Crippen molar-refractivity contribution in [1.82, 2.24) is 9.78 Å². The van der Waals surface area contributed by atoms with Crippen molar-refractivity contribution in [2.75, 3.05) is 5.32 Å². The lowest BCUT2D eigenvalue weighted by atomic mass is 10.1. The number of nitrogens with zero attached hydrogens (tertiary/aromatic N) is 2. The minimum atomic E-state index is -0.441. The van der Waals surface area contributed by atoms with E-state index in [4.69, 9.17) is 5.73 Å². The summed E-state index contributed by atoms with van der Waals surface area (Å²) in [4.78, 5) is 11.7. The molecule has 0 saturated carbocycles. The Morgan fingerprint density at radius 2 is 2.19 bits per heavy atom. The summed E-state index contributed by atoms with van der Waals surface area (Å²) in [5.41, 5.74) is 8.28. The Hall–Kier alpha value is -1.36. The van der Waals surface area contributed by atoms with Crippen LogP contribution in [-0.2, 0) is 11.8 Å². The average Bonchev–Trinajstić information content (AvgIpc) is 2.45. The van der Waals surface area contributed by atoms with E-state index in [1.165, 1.54) is 0 Å². The fourth-order valence-corrected chi connectivity index (χ4v) is 1.61. The van der Waals surface area contributed by atoms with Crippen LogP contribution in [0.2, 0.25) is 0 Å². The van der Waals surface area contributed by atoms with E-state index >= 15 is 0 Å². The van der Waals surface area contributed by atoms with Crippen LogP contribution in [0.5, 0.6) is 0 Å². The average molecular weight is 224 g/mol. The van der Waals surface area contributed by atoms with Gasteiger partial charge in [-0.1, -0.05) is 13.3 Å². The number of anilines is 1. The minimum Gasteiger partial charge on any atom is -0.322 e. The van der Waals surface area contributed by atoms with Gasteiger partial charge >= 0.3 is 0 Å². The molecule has 0 unspecified atom stereocenters. The summed E-state index contributed by atoms with van der Waals surface area (Å²) >= 11 is 0. The molecule has 16 heavy (non-hydrogen) atoms. The quantitative estimate of drug-likeness (QED) is 0.804. The van der Waals surface area contributed by atoms with Crippen molar-refractivity contribution in [3.63, 3.8) is 0 Å². The highest BCUT2D eigenvalue weighted by Crippen LogP contribution is 2.18. The highest BCUT2D eigenvalue weighted by Gasteiger charge is 2.16. The summed E-state index contributed by atoms with van der Waals surface area (Å²) in [6.45, 7) is 5.79. The molecular formula is C11H20N4O. The van der Waals surface area contributed by atoms with E-state index < -0.39 is 6.04 Å². The van der Waals surface area contributed by atoms with Gasteiger partial charge in [0.1, 0.15) is 0 Å². The summed E-state index contributed by atoms with van der Waals surface area (Å²) in [6.07, 6.45) is 1.60. The molecule has 1 atom stereocenters. The van der Waals surface area contributed by atoms with Gasteiger partial charge in [-0.15, -0.1) is 0 Å². The van der Waals surface area contributed by atoms with Gasteiger partial charge in [-0.25, -0.2) is 0 Å². The van der Waals surface area contributed by atoms with E-state index in [9.17, 15) is 4.79 Å². The second-order valence-corrected chi connectivity index (χ2v) is 4.05. The van der Waals surface area contributed by atoms with Gasteiger partial charge in [0.05, 0.1) is 23.1 Å². The van der Waals surface area contributed by atoms with Crippen molar-refractivity contribution in [2.45, 2.75) is 39.7 Å². The molecule has 1 amide bonds. The number of nitrogens with one attached hydrogen (secondary N) is 1. The molecule has 0 saturated heterocycles. The van der Waals surface area contributed by atoms with Gasteiger partial charge in [-0.3, -0.25) is 9.48 Å². The third-order valence-corrected chi connectivity index (χ3v) is 2.69. The van der Waals surface area contributed by atoms with Crippen molar-refractivity contribution in [3.05, 3.63) is 11.4 Å². The van der Waals surface area contributed by atoms with Crippen LogP contribution in [0, 0.1) is 13.8 Å². The standard InChI is InChI=1S/C11H20N4O/c1-5-6-9(12)11(16)13-10-7(2)14-15(4)8(10)3/h9H,5-6,12H2,1-4H3,(H,13,16)/t9-/m1/s1. The first-order valence-corrected chi connectivity index (χ1v) is 5.54. The lowest BCUT2D eigenvalue weighted by molar-refractivity contribution is -0.117. The van der Waals surface area contributed by atoms with Crippen molar-refractivity contribution in [3.8, 4) is 0 Å². The molecule has 1 aromatic heterocycles. The monoisotopic (exact) mass is 224 g/mol. The highest BCUT2D eigenvalue weighted by atomic mass is 16.2. The normalized spacial score (nSPS) is 12.6. The molecule has 5 heteroatoms. The molecule has 0 aliphatic rings. The first-order chi connectivity index (χ1) is 7.47. The lowest BCUT2D eigenvalue weighted by Gasteiger charge is -2.11. The highest BCUT2D eigenvalue weighted by molar-refractivity contribution is 5.95. The number of aromatic nitrogens is 2. The lowest BCUT2D eigenvalue weighted by Crippen LogP contribution is -2.35. The van der Waals surface area contributed by atoms with Crippen molar-refractivity contribution >= 4 is 11.6 Å². The van der Waals surface area contributed by atoms with Gasteiger partial charge in [0.25, 0.3) is 0 Å². The van der Waals surface area contributed by atoms with Crippen molar-refractivity contribution in [2.24, 2.45) is 12.8 Å². The second-order valence-electron chi connectivity index (χ2n) is 4.05. The molecule has 0 radical (unpaired) electrons. The Kier molecular flexibility index (Phi) is 4.06. The van der Waals surface area contributed by atoms with Crippen LogP contribution in [0.15, 0.2) is 0 Å². The van der Waals surface area contributed by atoms with Gasteiger partial charge in [-0.2, -0.15) is 5.10 Å². The van der Waals surface area contributed by atoms with Crippen LogP contribution in [0.25, 0.3) is 0 Å². The number of carbonyl (C=O) groups is 1. The predicted octanol–water partition coefficient (Wildman–Crippen LogP) is 1.10. The number of amides is 1. The van der Waals surface area contributed by atoms with Gasteiger partial charge < -0.3 is 11.1 Å². The zero-order valence-corrected chi connectivity index (χ0v) is 10.4. The smallest absolute Gasteiger partial charge is 0.241 e. The Balaban J connectivity index is 2.77. The molecular weight excluding hydrogens is 204 g/mol. The molecule has 0 aliphatic heterocycles. The van der Waals surface area contributed by atoms with Crippen LogP contribution < -0.4 is 11.1 Å². The maximum atomic E-state index is 11.7.